The molecule has 4 N–H and O–H groups in total. The first-order valence-corrected chi connectivity index (χ1v) is 11.1. The van der Waals surface area contributed by atoms with Crippen molar-refractivity contribution < 1.29 is 31.5 Å². The Bertz CT molecular complexity index is 1250. The minimum atomic E-state index is -5.04. The zero-order valence-corrected chi connectivity index (χ0v) is 20.1. The van der Waals surface area contributed by atoms with Gasteiger partial charge in [0.2, 0.25) is 0 Å². The van der Waals surface area contributed by atoms with Crippen molar-refractivity contribution in [2.75, 3.05) is 24.1 Å². The number of pyridine rings is 2. The first kappa shape index (κ1) is 28.1. The maximum atomic E-state index is 14.4. The molecular weight excluding hydrogens is 521 g/mol. The standard InChI is InChI=1S/C24H22F5N5O2.ClH/c25-15-4-1-5-16(26)20(15)21-14(24(27,28)29)11-17(30)22(34-21)23(35)33-18-12-32-10-7-19(18)36-13-3-2-8-31-9-6-13;/h1,4-5,7,10-13,31H,2-3,6,8-9,30H2,(H,33,35);1H. The molecule has 1 aliphatic heterocycles. The van der Waals surface area contributed by atoms with Gasteiger partial charge in [0.25, 0.3) is 5.91 Å². The van der Waals surface area contributed by atoms with Crippen LogP contribution in [-0.2, 0) is 6.18 Å². The van der Waals surface area contributed by atoms with Crippen molar-refractivity contribution in [2.24, 2.45) is 0 Å². The van der Waals surface area contributed by atoms with Crippen LogP contribution in [0.15, 0.2) is 42.7 Å². The van der Waals surface area contributed by atoms with Crippen LogP contribution in [0.4, 0.5) is 33.3 Å². The van der Waals surface area contributed by atoms with Crippen molar-refractivity contribution in [2.45, 2.75) is 31.5 Å². The summed E-state index contributed by atoms with van der Waals surface area (Å²) in [6, 6.07) is 4.55. The maximum Gasteiger partial charge on any atom is 0.418 e. The molecule has 3 heterocycles. The summed E-state index contributed by atoms with van der Waals surface area (Å²) in [6.45, 7) is 1.63. The quantitative estimate of drug-likeness (QED) is 0.382. The molecule has 0 aliphatic carbocycles. The van der Waals surface area contributed by atoms with Crippen LogP contribution in [0.3, 0.4) is 0 Å². The van der Waals surface area contributed by atoms with Crippen LogP contribution in [0, 0.1) is 11.6 Å². The number of hydrogen-bond donors (Lipinski definition) is 3. The molecule has 0 radical (unpaired) electrons. The number of nitrogens with one attached hydrogen (secondary N) is 2. The zero-order valence-electron chi connectivity index (χ0n) is 19.2. The minimum Gasteiger partial charge on any atom is -0.488 e. The van der Waals surface area contributed by atoms with Crippen LogP contribution in [0.2, 0.25) is 0 Å². The van der Waals surface area contributed by atoms with Gasteiger partial charge in [0.05, 0.1) is 28.7 Å². The van der Waals surface area contributed by atoms with Crippen molar-refractivity contribution >= 4 is 29.7 Å². The Morgan fingerprint density at radius 2 is 1.86 bits per heavy atom. The SMILES string of the molecule is Cl.Nc1cc(C(F)(F)F)c(-c2c(F)cccc2F)nc1C(=O)Nc1cnccc1OC1CCCNCC1. The van der Waals surface area contributed by atoms with Gasteiger partial charge < -0.3 is 21.1 Å². The maximum absolute atomic E-state index is 14.4. The number of hydrogen-bond acceptors (Lipinski definition) is 6. The molecule has 1 atom stereocenters. The summed E-state index contributed by atoms with van der Waals surface area (Å²) in [5.41, 5.74) is 1.01. The van der Waals surface area contributed by atoms with E-state index in [0.29, 0.717) is 11.8 Å². The van der Waals surface area contributed by atoms with Gasteiger partial charge in [-0.3, -0.25) is 9.78 Å². The number of halogens is 6. The van der Waals surface area contributed by atoms with Crippen molar-refractivity contribution in [3.05, 3.63) is 65.6 Å². The van der Waals surface area contributed by atoms with E-state index in [2.05, 4.69) is 20.6 Å². The number of nitrogens with two attached hydrogens (primary N) is 1. The lowest BCUT2D eigenvalue weighted by Gasteiger charge is -2.20. The molecule has 3 aromatic rings. The molecule has 1 unspecified atom stereocenters. The third-order valence-corrected chi connectivity index (χ3v) is 5.62. The molecule has 0 spiro atoms. The van der Waals surface area contributed by atoms with E-state index in [1.807, 2.05) is 0 Å². The third-order valence-electron chi connectivity index (χ3n) is 5.62. The summed E-state index contributed by atoms with van der Waals surface area (Å²) in [7, 11) is 0. The van der Waals surface area contributed by atoms with Gasteiger partial charge in [-0.05, 0) is 50.6 Å². The van der Waals surface area contributed by atoms with Crippen LogP contribution < -0.4 is 21.1 Å². The summed E-state index contributed by atoms with van der Waals surface area (Å²) in [5, 5.41) is 5.75. The highest BCUT2D eigenvalue weighted by Gasteiger charge is 2.37. The molecule has 0 saturated carbocycles. The number of nitrogens with zero attached hydrogens (tertiary/aromatic N) is 2. The minimum absolute atomic E-state index is 0. The number of amides is 1. The Balaban J connectivity index is 0.00000380. The van der Waals surface area contributed by atoms with Gasteiger partial charge >= 0.3 is 6.18 Å². The number of ether oxygens (including phenoxy) is 1. The number of aromatic nitrogens is 2. The van der Waals surface area contributed by atoms with Crippen molar-refractivity contribution in [1.29, 1.82) is 0 Å². The topological polar surface area (TPSA) is 102 Å². The van der Waals surface area contributed by atoms with E-state index >= 15 is 0 Å². The predicted octanol–water partition coefficient (Wildman–Crippen LogP) is 5.22. The summed E-state index contributed by atoms with van der Waals surface area (Å²) < 4.78 is 75.9. The Morgan fingerprint density at radius 1 is 1.14 bits per heavy atom. The lowest BCUT2D eigenvalue weighted by atomic mass is 10.0. The molecule has 1 amide bonds. The lowest BCUT2D eigenvalue weighted by Crippen LogP contribution is -2.22. The molecule has 1 saturated heterocycles. The molecule has 13 heteroatoms. The first-order chi connectivity index (χ1) is 17.1. The van der Waals surface area contributed by atoms with Crippen molar-refractivity contribution in [3.63, 3.8) is 0 Å². The van der Waals surface area contributed by atoms with E-state index in [-0.39, 0.29) is 24.2 Å². The smallest absolute Gasteiger partial charge is 0.418 e. The number of alkyl halides is 3. The Hall–Kier alpha value is -3.51. The van der Waals surface area contributed by atoms with Gasteiger partial charge in [0.15, 0.2) is 5.69 Å². The van der Waals surface area contributed by atoms with Crippen LogP contribution in [0.25, 0.3) is 11.3 Å². The monoisotopic (exact) mass is 543 g/mol. The fourth-order valence-corrected chi connectivity index (χ4v) is 3.89. The fourth-order valence-electron chi connectivity index (χ4n) is 3.89. The van der Waals surface area contributed by atoms with Gasteiger partial charge in [-0.15, -0.1) is 12.4 Å². The Kier molecular flexibility index (Phi) is 8.87. The molecule has 7 nitrogen and oxygen atoms in total. The zero-order chi connectivity index (χ0) is 25.9. The molecule has 0 bridgehead atoms. The molecule has 37 heavy (non-hydrogen) atoms. The average Bonchev–Trinajstić information content (AvgIpc) is 3.09. The highest BCUT2D eigenvalue weighted by molar-refractivity contribution is 6.07. The highest BCUT2D eigenvalue weighted by Crippen LogP contribution is 2.39. The van der Waals surface area contributed by atoms with Crippen molar-refractivity contribution in [1.82, 2.24) is 15.3 Å². The summed E-state index contributed by atoms with van der Waals surface area (Å²) >= 11 is 0. The number of carbonyl (C=O) groups excluding carboxylic acids is 1. The first-order valence-electron chi connectivity index (χ1n) is 11.1. The molecule has 2 aromatic heterocycles. The number of benzene rings is 1. The van der Waals surface area contributed by atoms with Gasteiger partial charge in [-0.1, -0.05) is 6.07 Å². The van der Waals surface area contributed by atoms with Gasteiger partial charge in [0, 0.05) is 12.3 Å². The summed E-state index contributed by atoms with van der Waals surface area (Å²) in [5.74, 6) is -3.24. The van der Waals surface area contributed by atoms with E-state index in [0.717, 1.165) is 50.6 Å². The van der Waals surface area contributed by atoms with E-state index < -0.39 is 51.9 Å². The molecule has 4 rings (SSSR count). The van der Waals surface area contributed by atoms with E-state index in [1.54, 1.807) is 0 Å². The number of anilines is 2. The Morgan fingerprint density at radius 3 is 2.57 bits per heavy atom. The van der Waals surface area contributed by atoms with Crippen LogP contribution in [0.1, 0.15) is 35.3 Å². The second kappa shape index (κ2) is 11.7. The van der Waals surface area contributed by atoms with E-state index in [9.17, 15) is 26.7 Å². The lowest BCUT2D eigenvalue weighted by molar-refractivity contribution is -0.137. The fraction of sp³-hybridized carbons (Fsp3) is 0.292. The highest BCUT2D eigenvalue weighted by atomic mass is 35.5. The molecule has 1 aliphatic rings. The molecule has 198 valence electrons. The van der Waals surface area contributed by atoms with E-state index in [1.165, 1.54) is 18.5 Å². The Labute approximate surface area is 215 Å². The number of nitrogen functional groups attached to an aromatic ring is 1. The summed E-state index contributed by atoms with van der Waals surface area (Å²) in [4.78, 5) is 20.7. The van der Waals surface area contributed by atoms with Gasteiger partial charge in [0.1, 0.15) is 29.2 Å². The van der Waals surface area contributed by atoms with Crippen LogP contribution >= 0.6 is 12.4 Å². The number of carbonyl (C=O) groups is 1. The second-order valence-corrected chi connectivity index (χ2v) is 8.16. The van der Waals surface area contributed by atoms with E-state index in [4.69, 9.17) is 10.5 Å². The molecule has 1 fully saturated rings. The van der Waals surface area contributed by atoms with Crippen molar-refractivity contribution in [3.8, 4) is 17.0 Å². The normalized spacial score (nSPS) is 15.9. The average molecular weight is 544 g/mol. The second-order valence-electron chi connectivity index (χ2n) is 8.16. The van der Waals surface area contributed by atoms with Gasteiger partial charge in [-0.2, -0.15) is 13.2 Å². The third kappa shape index (κ3) is 6.44. The predicted molar refractivity (Wildman–Crippen MR) is 130 cm³/mol. The van der Waals surface area contributed by atoms with Crippen LogP contribution in [0.5, 0.6) is 5.75 Å². The van der Waals surface area contributed by atoms with Gasteiger partial charge in [-0.25, -0.2) is 13.8 Å². The molecule has 1 aromatic carbocycles. The largest absolute Gasteiger partial charge is 0.488 e. The molecular formula is C24H23ClF5N5O2. The number of rotatable bonds is 5. The summed E-state index contributed by atoms with van der Waals surface area (Å²) in [6.07, 6.45) is 0.0255. The van der Waals surface area contributed by atoms with Crippen LogP contribution in [-0.4, -0.2) is 35.1 Å².